The molecule has 0 radical (unpaired) electrons. The van der Waals surface area contributed by atoms with Crippen LogP contribution in [0.25, 0.3) is 0 Å². The van der Waals surface area contributed by atoms with E-state index in [0.29, 0.717) is 0 Å². The van der Waals surface area contributed by atoms with E-state index in [0.717, 1.165) is 42.6 Å². The van der Waals surface area contributed by atoms with Crippen molar-refractivity contribution < 1.29 is 0 Å². The molecule has 130 valence electrons. The maximum Gasteiger partial charge on any atom is 0.190 e. The molecule has 2 rings (SSSR count). The first-order valence-electron chi connectivity index (χ1n) is 8.19. The molecular weight excluding hydrogens is 322 g/mol. The molecular formula is C18H26ClN5. The van der Waals surface area contributed by atoms with Crippen LogP contribution in [-0.2, 0) is 19.9 Å². The number of hydrogen-bond acceptors (Lipinski definition) is 2. The van der Waals surface area contributed by atoms with Crippen LogP contribution in [0, 0.1) is 13.8 Å². The molecule has 0 amide bonds. The van der Waals surface area contributed by atoms with Gasteiger partial charge in [-0.05, 0) is 49.9 Å². The Morgan fingerprint density at radius 2 is 1.92 bits per heavy atom. The predicted molar refractivity (Wildman–Crippen MR) is 101 cm³/mol. The van der Waals surface area contributed by atoms with Gasteiger partial charge in [-0.25, -0.2) is 0 Å². The first-order chi connectivity index (χ1) is 11.5. The third kappa shape index (κ3) is 4.99. The van der Waals surface area contributed by atoms with Crippen molar-refractivity contribution in [3.8, 4) is 0 Å². The largest absolute Gasteiger partial charge is 0.356 e. The second-order valence-electron chi connectivity index (χ2n) is 5.83. The fraction of sp³-hybridized carbons (Fsp3) is 0.444. The van der Waals surface area contributed by atoms with Crippen LogP contribution < -0.4 is 10.6 Å². The maximum absolute atomic E-state index is 6.00. The summed E-state index contributed by atoms with van der Waals surface area (Å²) < 4.78 is 1.93. The Labute approximate surface area is 149 Å². The van der Waals surface area contributed by atoms with Gasteiger partial charge in [-0.2, -0.15) is 5.10 Å². The lowest BCUT2D eigenvalue weighted by atomic mass is 10.1. The molecule has 0 unspecified atom stereocenters. The topological polar surface area (TPSA) is 54.2 Å². The van der Waals surface area contributed by atoms with E-state index < -0.39 is 0 Å². The minimum absolute atomic E-state index is 0.775. The summed E-state index contributed by atoms with van der Waals surface area (Å²) in [7, 11) is 3.77. The molecule has 0 saturated carbocycles. The van der Waals surface area contributed by atoms with Crippen molar-refractivity contribution in [1.29, 1.82) is 0 Å². The number of rotatable bonds is 6. The molecule has 1 heterocycles. The molecule has 2 aromatic rings. The molecule has 0 atom stereocenters. The van der Waals surface area contributed by atoms with Gasteiger partial charge in [0.15, 0.2) is 5.96 Å². The van der Waals surface area contributed by atoms with Gasteiger partial charge in [0.25, 0.3) is 0 Å². The SMILES string of the molecule is CN=C(NCCc1cccc(Cl)c1)NCCc1c(C)nn(C)c1C. The Hall–Kier alpha value is -2.01. The zero-order chi connectivity index (χ0) is 17.5. The Morgan fingerprint density at radius 3 is 2.50 bits per heavy atom. The highest BCUT2D eigenvalue weighted by atomic mass is 35.5. The molecule has 2 N–H and O–H groups in total. The van der Waals surface area contributed by atoms with E-state index in [9.17, 15) is 0 Å². The Kier molecular flexibility index (Phi) is 6.67. The van der Waals surface area contributed by atoms with E-state index in [4.69, 9.17) is 11.6 Å². The first kappa shape index (κ1) is 18.3. The zero-order valence-electron chi connectivity index (χ0n) is 14.9. The minimum Gasteiger partial charge on any atom is -0.356 e. The molecule has 0 fully saturated rings. The predicted octanol–water partition coefficient (Wildman–Crippen LogP) is 2.64. The van der Waals surface area contributed by atoms with Crippen molar-refractivity contribution in [2.24, 2.45) is 12.0 Å². The van der Waals surface area contributed by atoms with Crippen molar-refractivity contribution in [2.75, 3.05) is 20.1 Å². The van der Waals surface area contributed by atoms with Crippen LogP contribution in [0.2, 0.25) is 5.02 Å². The number of halogens is 1. The number of benzene rings is 1. The molecule has 0 saturated heterocycles. The molecule has 0 bridgehead atoms. The summed E-state index contributed by atoms with van der Waals surface area (Å²) in [5, 5.41) is 11.9. The van der Waals surface area contributed by atoms with Crippen molar-refractivity contribution in [3.63, 3.8) is 0 Å². The minimum atomic E-state index is 0.775. The highest BCUT2D eigenvalue weighted by Crippen LogP contribution is 2.12. The van der Waals surface area contributed by atoms with E-state index in [1.54, 1.807) is 7.05 Å². The van der Waals surface area contributed by atoms with E-state index in [1.807, 2.05) is 29.9 Å². The number of aromatic nitrogens is 2. The van der Waals surface area contributed by atoms with Gasteiger partial charge < -0.3 is 10.6 Å². The summed E-state index contributed by atoms with van der Waals surface area (Å²) in [6.45, 7) is 5.79. The Morgan fingerprint density at radius 1 is 1.21 bits per heavy atom. The molecule has 1 aromatic heterocycles. The number of nitrogens with one attached hydrogen (secondary N) is 2. The number of aryl methyl sites for hydroxylation is 2. The monoisotopic (exact) mass is 347 g/mol. The lowest BCUT2D eigenvalue weighted by Crippen LogP contribution is -2.39. The van der Waals surface area contributed by atoms with Crippen LogP contribution in [0.4, 0.5) is 0 Å². The highest BCUT2D eigenvalue weighted by molar-refractivity contribution is 6.30. The van der Waals surface area contributed by atoms with E-state index in [1.165, 1.54) is 16.8 Å². The van der Waals surface area contributed by atoms with Crippen molar-refractivity contribution in [3.05, 3.63) is 51.8 Å². The zero-order valence-corrected chi connectivity index (χ0v) is 15.6. The van der Waals surface area contributed by atoms with Crippen molar-refractivity contribution in [1.82, 2.24) is 20.4 Å². The third-order valence-corrected chi connectivity index (χ3v) is 4.38. The number of hydrogen-bond donors (Lipinski definition) is 2. The van der Waals surface area contributed by atoms with Gasteiger partial charge in [0.05, 0.1) is 5.69 Å². The van der Waals surface area contributed by atoms with Crippen molar-refractivity contribution in [2.45, 2.75) is 26.7 Å². The van der Waals surface area contributed by atoms with E-state index >= 15 is 0 Å². The first-order valence-corrected chi connectivity index (χ1v) is 8.57. The lowest BCUT2D eigenvalue weighted by molar-refractivity contribution is 0.728. The average molecular weight is 348 g/mol. The van der Waals surface area contributed by atoms with Crippen LogP contribution in [-0.4, -0.2) is 35.9 Å². The smallest absolute Gasteiger partial charge is 0.190 e. The molecule has 5 nitrogen and oxygen atoms in total. The van der Waals surface area contributed by atoms with Crippen LogP contribution in [0.15, 0.2) is 29.3 Å². The molecule has 24 heavy (non-hydrogen) atoms. The number of nitrogens with zero attached hydrogens (tertiary/aromatic N) is 3. The Bertz CT molecular complexity index is 705. The molecule has 0 aliphatic heterocycles. The van der Waals surface area contributed by atoms with Crippen LogP contribution in [0.1, 0.15) is 22.5 Å². The maximum atomic E-state index is 6.00. The van der Waals surface area contributed by atoms with Gasteiger partial charge in [-0.1, -0.05) is 23.7 Å². The van der Waals surface area contributed by atoms with Gasteiger partial charge in [0.1, 0.15) is 0 Å². The number of aliphatic imine (C=N–C) groups is 1. The summed E-state index contributed by atoms with van der Waals surface area (Å²) >= 11 is 6.00. The molecule has 0 aliphatic carbocycles. The molecule has 6 heteroatoms. The number of guanidine groups is 1. The van der Waals surface area contributed by atoms with E-state index in [-0.39, 0.29) is 0 Å². The van der Waals surface area contributed by atoms with Crippen LogP contribution >= 0.6 is 11.6 Å². The normalized spacial score (nSPS) is 11.6. The van der Waals surface area contributed by atoms with Gasteiger partial charge >= 0.3 is 0 Å². The summed E-state index contributed by atoms with van der Waals surface area (Å²) in [4.78, 5) is 4.27. The van der Waals surface area contributed by atoms with E-state index in [2.05, 4.69) is 40.6 Å². The fourth-order valence-electron chi connectivity index (χ4n) is 2.72. The summed E-state index contributed by atoms with van der Waals surface area (Å²) in [6, 6.07) is 7.94. The van der Waals surface area contributed by atoms with Gasteiger partial charge in [0, 0.05) is 37.9 Å². The van der Waals surface area contributed by atoms with Gasteiger partial charge in [0.2, 0.25) is 0 Å². The highest BCUT2D eigenvalue weighted by Gasteiger charge is 2.09. The summed E-state index contributed by atoms with van der Waals surface area (Å²) in [5.74, 6) is 0.816. The average Bonchev–Trinajstić information content (AvgIpc) is 2.79. The Balaban J connectivity index is 1.76. The quantitative estimate of drug-likeness (QED) is 0.624. The second kappa shape index (κ2) is 8.73. The third-order valence-electron chi connectivity index (χ3n) is 4.15. The van der Waals surface area contributed by atoms with Gasteiger partial charge in [-0.3, -0.25) is 9.67 Å². The van der Waals surface area contributed by atoms with Crippen molar-refractivity contribution >= 4 is 17.6 Å². The molecule has 0 spiro atoms. The fourth-order valence-corrected chi connectivity index (χ4v) is 2.94. The lowest BCUT2D eigenvalue weighted by Gasteiger charge is -2.12. The standard InChI is InChI=1S/C18H26ClN5/c1-13-17(14(2)24(4)23-13)9-11-22-18(20-3)21-10-8-15-6-5-7-16(19)12-15/h5-7,12H,8-11H2,1-4H3,(H2,20,21,22). The molecule has 1 aromatic carbocycles. The molecule has 0 aliphatic rings. The summed E-state index contributed by atoms with van der Waals surface area (Å²) in [5.41, 5.74) is 4.84. The summed E-state index contributed by atoms with van der Waals surface area (Å²) in [6.07, 6.45) is 1.84. The van der Waals surface area contributed by atoms with Crippen LogP contribution in [0.5, 0.6) is 0 Å². The second-order valence-corrected chi connectivity index (χ2v) is 6.27. The van der Waals surface area contributed by atoms with Crippen LogP contribution in [0.3, 0.4) is 0 Å². The van der Waals surface area contributed by atoms with Gasteiger partial charge in [-0.15, -0.1) is 0 Å².